The van der Waals surface area contributed by atoms with Crippen LogP contribution < -0.4 is 103 Å². The largest absolute Gasteiger partial charge is 2.00 e. The van der Waals surface area contributed by atoms with Crippen LogP contribution in [0.25, 0.3) is 0 Å². The van der Waals surface area contributed by atoms with Gasteiger partial charge in [-0.15, -0.1) is 0 Å². The minimum Gasteiger partial charge on any atom is -0.759 e. The third-order valence-electron chi connectivity index (χ3n) is 0. The van der Waals surface area contributed by atoms with E-state index in [9.17, 15) is 0 Å². The zero-order valence-electron chi connectivity index (χ0n) is 6.40. The van der Waals surface area contributed by atoms with Crippen molar-refractivity contribution in [3.05, 3.63) is 0 Å². The van der Waals surface area contributed by atoms with E-state index in [-0.39, 0.29) is 119 Å². The molecule has 8 nitrogen and oxygen atoms in total. The standard InChI is InChI=1S/2K.Ni.2H2O4S/c;;;2*1-5(2,3)4/h;;;2*(H2,1,2,3,4)/q2*+1;+2;;/p-4. The van der Waals surface area contributed by atoms with Crippen LogP contribution in [0, 0.1) is 0 Å². The molecule has 0 aliphatic rings. The van der Waals surface area contributed by atoms with E-state index >= 15 is 0 Å². The van der Waals surface area contributed by atoms with Crippen molar-refractivity contribution in [2.75, 3.05) is 0 Å². The summed E-state index contributed by atoms with van der Waals surface area (Å²) in [5, 5.41) is 0. The van der Waals surface area contributed by atoms with Gasteiger partial charge in [0.15, 0.2) is 0 Å². The minimum atomic E-state index is -5.17. The Morgan fingerprint density at radius 2 is 0.615 bits per heavy atom. The van der Waals surface area contributed by atoms with Gasteiger partial charge in [0.2, 0.25) is 0 Å². The summed E-state index contributed by atoms with van der Waals surface area (Å²) in [7, 11) is -10.3. The average Bonchev–Trinajstić information content (AvgIpc) is 1.12. The third kappa shape index (κ3) is 230. The smallest absolute Gasteiger partial charge is 0.759 e. The number of hydrogen-bond acceptors (Lipinski definition) is 8. The Labute approximate surface area is 171 Å². The molecule has 72 valence electrons. The monoisotopic (exact) mass is 328 g/mol. The Bertz CT molecular complexity index is 217. The van der Waals surface area contributed by atoms with Crippen LogP contribution in [-0.2, 0) is 37.3 Å². The molecule has 0 fully saturated rings. The van der Waals surface area contributed by atoms with E-state index < -0.39 is 20.8 Å². The van der Waals surface area contributed by atoms with Crippen molar-refractivity contribution in [2.45, 2.75) is 0 Å². The second-order valence-corrected chi connectivity index (χ2v) is 2.45. The van der Waals surface area contributed by atoms with Crippen LogP contribution in [-0.4, -0.2) is 35.0 Å². The SMILES string of the molecule is O=S(=O)([O-])[O-].O=S(=O)([O-])[O-].[K+].[K+].[Ni+2]. The van der Waals surface area contributed by atoms with E-state index in [4.69, 9.17) is 35.0 Å². The van der Waals surface area contributed by atoms with Gasteiger partial charge in [-0.05, 0) is 0 Å². The van der Waals surface area contributed by atoms with E-state index in [2.05, 4.69) is 0 Å². The average molecular weight is 329 g/mol. The molecule has 0 atom stereocenters. The molecule has 0 aliphatic heterocycles. The van der Waals surface area contributed by atoms with Gasteiger partial charge < -0.3 is 18.2 Å². The van der Waals surface area contributed by atoms with Gasteiger partial charge in [0.25, 0.3) is 0 Å². The zero-order valence-corrected chi connectivity index (χ0v) is 15.3. The first-order valence-electron chi connectivity index (χ1n) is 1.33. The first-order valence-corrected chi connectivity index (χ1v) is 4.00. The van der Waals surface area contributed by atoms with Gasteiger partial charge in [-0.2, -0.15) is 0 Å². The van der Waals surface area contributed by atoms with Crippen LogP contribution in [0.1, 0.15) is 0 Å². The Morgan fingerprint density at radius 1 is 0.615 bits per heavy atom. The third-order valence-corrected chi connectivity index (χ3v) is 0. The Balaban J connectivity index is -0.0000000267. The summed E-state index contributed by atoms with van der Waals surface area (Å²) < 4.78 is 68.2. The van der Waals surface area contributed by atoms with Crippen molar-refractivity contribution in [3.8, 4) is 0 Å². The van der Waals surface area contributed by atoms with E-state index in [0.29, 0.717) is 0 Å². The van der Waals surface area contributed by atoms with Crippen molar-refractivity contribution >= 4 is 20.8 Å². The molecule has 0 heterocycles. The van der Waals surface area contributed by atoms with Crippen LogP contribution in [0.2, 0.25) is 0 Å². The molecule has 0 aromatic rings. The maximum atomic E-state index is 8.52. The van der Waals surface area contributed by atoms with Crippen molar-refractivity contribution in [2.24, 2.45) is 0 Å². The molecule has 0 aromatic heterocycles. The van der Waals surface area contributed by atoms with Crippen LogP contribution in [0.5, 0.6) is 0 Å². The maximum absolute atomic E-state index is 8.52. The van der Waals surface area contributed by atoms with Crippen molar-refractivity contribution < 1.29 is 154 Å². The molecule has 13 heavy (non-hydrogen) atoms. The molecule has 0 N–H and O–H groups in total. The second-order valence-electron chi connectivity index (χ2n) is 0.816. The normalized spacial score (nSPS) is 8.92. The summed E-state index contributed by atoms with van der Waals surface area (Å²) in [6, 6.07) is 0. The van der Waals surface area contributed by atoms with Crippen LogP contribution in [0.15, 0.2) is 0 Å². The Kier molecular flexibility index (Phi) is 31.3. The molecule has 13 heteroatoms. The van der Waals surface area contributed by atoms with Gasteiger partial charge in [-0.25, -0.2) is 0 Å². The van der Waals surface area contributed by atoms with Gasteiger partial charge in [0, 0.05) is 20.8 Å². The van der Waals surface area contributed by atoms with Crippen LogP contribution in [0.4, 0.5) is 0 Å². The molecule has 0 bridgehead atoms. The summed E-state index contributed by atoms with van der Waals surface area (Å²) in [4.78, 5) is 0. The number of rotatable bonds is 0. The molecule has 0 amide bonds. The minimum absolute atomic E-state index is 0. The zero-order chi connectivity index (χ0) is 9.00. The maximum Gasteiger partial charge on any atom is 2.00 e. The molecule has 0 spiro atoms. The molecule has 0 saturated heterocycles. The Hall–Kier alpha value is 3.51. The van der Waals surface area contributed by atoms with Gasteiger partial charge in [-0.1, -0.05) is 0 Å². The molecular weight excluding hydrogens is 329 g/mol. The van der Waals surface area contributed by atoms with Crippen LogP contribution in [0.3, 0.4) is 0 Å². The Morgan fingerprint density at radius 3 is 0.615 bits per heavy atom. The summed E-state index contributed by atoms with van der Waals surface area (Å²) in [5.41, 5.74) is 0. The fourth-order valence-electron chi connectivity index (χ4n) is 0. The molecule has 0 radical (unpaired) electrons. The fourth-order valence-corrected chi connectivity index (χ4v) is 0. The predicted octanol–water partition coefficient (Wildman–Crippen LogP) is -8.67. The van der Waals surface area contributed by atoms with Crippen molar-refractivity contribution in [3.63, 3.8) is 0 Å². The molecule has 0 rings (SSSR count). The quantitative estimate of drug-likeness (QED) is 0.240. The van der Waals surface area contributed by atoms with Gasteiger partial charge in [-0.3, -0.25) is 16.8 Å². The second kappa shape index (κ2) is 13.6. The molecule has 0 saturated carbocycles. The topological polar surface area (TPSA) is 161 Å². The molecule has 0 aromatic carbocycles. The summed E-state index contributed by atoms with van der Waals surface area (Å²) in [6.45, 7) is 0. The molecule has 0 unspecified atom stereocenters. The van der Waals surface area contributed by atoms with Gasteiger partial charge >= 0.3 is 119 Å². The van der Waals surface area contributed by atoms with Crippen molar-refractivity contribution in [1.82, 2.24) is 0 Å². The molecular formula is K2NiO8S2. The van der Waals surface area contributed by atoms with Gasteiger partial charge in [0.1, 0.15) is 0 Å². The van der Waals surface area contributed by atoms with Gasteiger partial charge in [0.05, 0.1) is 0 Å². The summed E-state index contributed by atoms with van der Waals surface area (Å²) in [5.74, 6) is 0. The van der Waals surface area contributed by atoms with E-state index in [1.807, 2.05) is 0 Å². The van der Waals surface area contributed by atoms with E-state index in [1.54, 1.807) is 0 Å². The van der Waals surface area contributed by atoms with E-state index in [1.165, 1.54) is 0 Å². The molecule has 0 aliphatic carbocycles. The summed E-state index contributed by atoms with van der Waals surface area (Å²) in [6.07, 6.45) is 0. The van der Waals surface area contributed by atoms with E-state index in [0.717, 1.165) is 0 Å². The van der Waals surface area contributed by atoms with Crippen LogP contribution >= 0.6 is 0 Å². The first kappa shape index (κ1) is 30.0. The predicted molar refractivity (Wildman–Crippen MR) is 20.9 cm³/mol. The first-order chi connectivity index (χ1) is 4.00. The van der Waals surface area contributed by atoms with Crippen molar-refractivity contribution in [1.29, 1.82) is 0 Å². The number of hydrogen-bond donors (Lipinski definition) is 0. The summed E-state index contributed by atoms with van der Waals surface area (Å²) >= 11 is 0. The fraction of sp³-hybridized carbons (Fsp3) is 0.